The molecule has 0 unspecified atom stereocenters. The molecule has 0 aliphatic carbocycles. The number of hydrogen-bond acceptors (Lipinski definition) is 7. The van der Waals surface area contributed by atoms with Crippen molar-refractivity contribution in [3.8, 4) is 0 Å². The summed E-state index contributed by atoms with van der Waals surface area (Å²) in [4.78, 5) is 30.7. The third-order valence-corrected chi connectivity index (χ3v) is 5.62. The molecule has 2 aromatic heterocycles. The molecular formula is C21H19F3N4O4S. The van der Waals surface area contributed by atoms with Crippen LogP contribution in [0.4, 0.5) is 29.7 Å². The molecule has 3 heterocycles. The highest BCUT2D eigenvalue weighted by atomic mass is 32.1. The summed E-state index contributed by atoms with van der Waals surface area (Å²) >= 11 is 1.12. The Balaban J connectivity index is 1.46. The number of amides is 2. The third kappa shape index (κ3) is 5.71. The zero-order valence-corrected chi connectivity index (χ0v) is 18.0. The summed E-state index contributed by atoms with van der Waals surface area (Å²) < 4.78 is 50.0. The predicted octanol–water partition coefficient (Wildman–Crippen LogP) is 4.03. The summed E-state index contributed by atoms with van der Waals surface area (Å²) in [5.41, 5.74) is 0.0705. The molecular weight excluding hydrogens is 461 g/mol. The summed E-state index contributed by atoms with van der Waals surface area (Å²) in [6.45, 7) is 1.89. The number of alkyl halides is 3. The van der Waals surface area contributed by atoms with Crippen molar-refractivity contribution in [1.29, 1.82) is 0 Å². The van der Waals surface area contributed by atoms with Gasteiger partial charge in [-0.1, -0.05) is 0 Å². The SMILES string of the molecule is O=C(Cc1csc(NC(=O)c2ccco2)n1)Nc1cc(C(F)(F)F)ccc1N1CCOCC1. The number of ether oxygens (including phenoxy) is 1. The van der Waals surface area contributed by atoms with E-state index in [0.29, 0.717) is 37.7 Å². The van der Waals surface area contributed by atoms with Crippen LogP contribution in [0.3, 0.4) is 0 Å². The number of anilines is 3. The van der Waals surface area contributed by atoms with Gasteiger partial charge in [0.1, 0.15) is 0 Å². The molecule has 0 spiro atoms. The summed E-state index contributed by atoms with van der Waals surface area (Å²) in [7, 11) is 0. The smallest absolute Gasteiger partial charge is 0.416 e. The van der Waals surface area contributed by atoms with Gasteiger partial charge in [0.05, 0.1) is 48.5 Å². The highest BCUT2D eigenvalue weighted by Crippen LogP contribution is 2.36. The summed E-state index contributed by atoms with van der Waals surface area (Å²) in [6.07, 6.45) is -3.35. The van der Waals surface area contributed by atoms with Gasteiger partial charge in [-0.15, -0.1) is 11.3 Å². The number of halogens is 3. The van der Waals surface area contributed by atoms with Crippen LogP contribution in [0, 0.1) is 0 Å². The van der Waals surface area contributed by atoms with E-state index >= 15 is 0 Å². The molecule has 0 bridgehead atoms. The number of carbonyl (C=O) groups is 2. The van der Waals surface area contributed by atoms with Gasteiger partial charge in [0.25, 0.3) is 5.91 Å². The van der Waals surface area contributed by atoms with Crippen LogP contribution < -0.4 is 15.5 Å². The normalized spacial score (nSPS) is 14.2. The van der Waals surface area contributed by atoms with Gasteiger partial charge in [0.15, 0.2) is 10.9 Å². The van der Waals surface area contributed by atoms with E-state index in [0.717, 1.165) is 23.5 Å². The topological polar surface area (TPSA) is 96.7 Å². The molecule has 2 N–H and O–H groups in total. The maximum absolute atomic E-state index is 13.2. The molecule has 12 heteroatoms. The number of carbonyl (C=O) groups excluding carboxylic acids is 2. The zero-order chi connectivity index (χ0) is 23.4. The number of benzene rings is 1. The maximum atomic E-state index is 13.2. The van der Waals surface area contributed by atoms with Crippen molar-refractivity contribution in [3.05, 3.63) is 59.0 Å². The van der Waals surface area contributed by atoms with Crippen LogP contribution in [0.2, 0.25) is 0 Å². The van der Waals surface area contributed by atoms with Crippen LogP contribution in [0.15, 0.2) is 46.4 Å². The van der Waals surface area contributed by atoms with Crippen LogP contribution in [0.1, 0.15) is 21.8 Å². The lowest BCUT2D eigenvalue weighted by Gasteiger charge is -2.31. The molecule has 1 fully saturated rings. The van der Waals surface area contributed by atoms with Crippen LogP contribution in [0.5, 0.6) is 0 Å². The van der Waals surface area contributed by atoms with Gasteiger partial charge in [0, 0.05) is 18.5 Å². The first kappa shape index (κ1) is 22.8. The minimum Gasteiger partial charge on any atom is -0.459 e. The van der Waals surface area contributed by atoms with Gasteiger partial charge in [0.2, 0.25) is 5.91 Å². The predicted molar refractivity (Wildman–Crippen MR) is 116 cm³/mol. The van der Waals surface area contributed by atoms with Crippen LogP contribution >= 0.6 is 11.3 Å². The fourth-order valence-electron chi connectivity index (χ4n) is 3.26. The van der Waals surface area contributed by atoms with E-state index in [9.17, 15) is 22.8 Å². The molecule has 3 aromatic rings. The second kappa shape index (κ2) is 9.63. The van der Waals surface area contributed by atoms with E-state index in [2.05, 4.69) is 15.6 Å². The number of thiazole rings is 1. The molecule has 8 nitrogen and oxygen atoms in total. The van der Waals surface area contributed by atoms with Crippen molar-refractivity contribution in [2.75, 3.05) is 41.8 Å². The lowest BCUT2D eigenvalue weighted by Crippen LogP contribution is -2.37. The van der Waals surface area contributed by atoms with Crippen molar-refractivity contribution in [1.82, 2.24) is 4.98 Å². The van der Waals surface area contributed by atoms with Gasteiger partial charge in [-0.25, -0.2) is 4.98 Å². The minimum absolute atomic E-state index is 0.0679. The van der Waals surface area contributed by atoms with Crippen molar-refractivity contribution < 1.29 is 31.9 Å². The Bertz CT molecular complexity index is 1120. The first-order valence-corrected chi connectivity index (χ1v) is 10.8. The first-order chi connectivity index (χ1) is 15.8. The number of rotatable bonds is 6. The van der Waals surface area contributed by atoms with E-state index < -0.39 is 23.6 Å². The van der Waals surface area contributed by atoms with Crippen molar-refractivity contribution in [2.24, 2.45) is 0 Å². The Morgan fingerprint density at radius 1 is 1.15 bits per heavy atom. The number of aromatic nitrogens is 1. The van der Waals surface area contributed by atoms with E-state index in [4.69, 9.17) is 9.15 Å². The Morgan fingerprint density at radius 2 is 1.94 bits per heavy atom. The molecule has 4 rings (SSSR count). The lowest BCUT2D eigenvalue weighted by atomic mass is 10.1. The van der Waals surface area contributed by atoms with Gasteiger partial charge in [-0.3, -0.25) is 14.9 Å². The number of furan rings is 1. The Hall–Kier alpha value is -3.38. The molecule has 0 saturated carbocycles. The molecule has 174 valence electrons. The van der Waals surface area contributed by atoms with Crippen molar-refractivity contribution in [3.63, 3.8) is 0 Å². The summed E-state index contributed by atoms with van der Waals surface area (Å²) in [5.74, 6) is -0.896. The van der Waals surface area contributed by atoms with Gasteiger partial charge < -0.3 is 19.4 Å². The fraction of sp³-hybridized carbons (Fsp3) is 0.286. The molecule has 1 aliphatic rings. The largest absolute Gasteiger partial charge is 0.459 e. The van der Waals surface area contributed by atoms with E-state index in [1.165, 1.54) is 18.4 Å². The lowest BCUT2D eigenvalue weighted by molar-refractivity contribution is -0.137. The fourth-order valence-corrected chi connectivity index (χ4v) is 3.97. The van der Waals surface area contributed by atoms with E-state index in [1.54, 1.807) is 11.4 Å². The van der Waals surface area contributed by atoms with Crippen LogP contribution in [-0.2, 0) is 22.1 Å². The standard InChI is InChI=1S/C21H19F3N4O4S/c22-21(23,24)13-3-4-16(28-5-8-31-9-6-28)15(10-13)26-18(29)11-14-12-33-20(25-14)27-19(30)17-2-1-7-32-17/h1-4,7,10,12H,5-6,8-9,11H2,(H,26,29)(H,25,27,30). The van der Waals surface area contributed by atoms with Crippen molar-refractivity contribution in [2.45, 2.75) is 12.6 Å². The summed E-state index contributed by atoms with van der Waals surface area (Å²) in [6, 6.07) is 6.35. The Kier molecular flexibility index (Phi) is 6.65. The highest BCUT2D eigenvalue weighted by Gasteiger charge is 2.32. The second-order valence-electron chi connectivity index (χ2n) is 7.13. The number of nitrogens with one attached hydrogen (secondary N) is 2. The van der Waals surface area contributed by atoms with Crippen LogP contribution in [0.25, 0.3) is 0 Å². The Labute approximate surface area is 190 Å². The molecule has 1 aromatic carbocycles. The molecule has 33 heavy (non-hydrogen) atoms. The molecule has 1 saturated heterocycles. The average Bonchev–Trinajstić information content (AvgIpc) is 3.46. The zero-order valence-electron chi connectivity index (χ0n) is 17.1. The van der Waals surface area contributed by atoms with Gasteiger partial charge in [-0.05, 0) is 30.3 Å². The average molecular weight is 480 g/mol. The highest BCUT2D eigenvalue weighted by molar-refractivity contribution is 7.14. The van der Waals surface area contributed by atoms with Gasteiger partial charge >= 0.3 is 6.18 Å². The Morgan fingerprint density at radius 3 is 2.64 bits per heavy atom. The second-order valence-corrected chi connectivity index (χ2v) is 7.99. The van der Waals surface area contributed by atoms with E-state index in [1.807, 2.05) is 4.90 Å². The molecule has 0 atom stereocenters. The van der Waals surface area contributed by atoms with Crippen molar-refractivity contribution >= 4 is 39.7 Å². The van der Waals surface area contributed by atoms with Gasteiger partial charge in [-0.2, -0.15) is 13.2 Å². The molecule has 2 amide bonds. The van der Waals surface area contributed by atoms with E-state index in [-0.39, 0.29) is 23.0 Å². The monoisotopic (exact) mass is 480 g/mol. The molecule has 0 radical (unpaired) electrons. The minimum atomic E-state index is -4.54. The summed E-state index contributed by atoms with van der Waals surface area (Å²) in [5, 5.41) is 7.01. The number of hydrogen-bond donors (Lipinski definition) is 2. The van der Waals surface area contributed by atoms with Crippen LogP contribution in [-0.4, -0.2) is 43.1 Å². The first-order valence-electron chi connectivity index (χ1n) is 9.92. The maximum Gasteiger partial charge on any atom is 0.416 e. The molecule has 1 aliphatic heterocycles. The third-order valence-electron chi connectivity index (χ3n) is 4.81. The quantitative estimate of drug-likeness (QED) is 0.553. The number of morpholine rings is 1. The number of nitrogens with zero attached hydrogens (tertiary/aromatic N) is 2.